The summed E-state index contributed by atoms with van der Waals surface area (Å²) in [5.74, 6) is -0.695. The van der Waals surface area contributed by atoms with Crippen LogP contribution in [0.4, 0.5) is 10.7 Å². The van der Waals surface area contributed by atoms with E-state index in [9.17, 15) is 9.59 Å². The third-order valence-corrected chi connectivity index (χ3v) is 4.61. The summed E-state index contributed by atoms with van der Waals surface area (Å²) >= 11 is 1.27. The Morgan fingerprint density at radius 3 is 2.57 bits per heavy atom. The molecule has 3 N–H and O–H groups in total. The minimum Gasteiger partial charge on any atom is -0.462 e. The van der Waals surface area contributed by atoms with Crippen LogP contribution in [0, 0.1) is 0 Å². The van der Waals surface area contributed by atoms with Gasteiger partial charge in [-0.1, -0.05) is 0 Å². The fourth-order valence-corrected chi connectivity index (χ4v) is 3.56. The van der Waals surface area contributed by atoms with Crippen molar-refractivity contribution >= 4 is 33.9 Å². The number of ether oxygens (including phenoxy) is 1. The van der Waals surface area contributed by atoms with Crippen molar-refractivity contribution in [2.45, 2.75) is 26.7 Å². The number of hydrogen-bond acceptors (Lipinski definition) is 6. The molecule has 2 heterocycles. The molecule has 1 aromatic rings. The molecular weight excluding hydrogens is 290 g/mol. The number of thiophene rings is 1. The van der Waals surface area contributed by atoms with Gasteiger partial charge < -0.3 is 20.7 Å². The second-order valence-electron chi connectivity index (χ2n) is 4.80. The van der Waals surface area contributed by atoms with Crippen LogP contribution in [0.25, 0.3) is 0 Å². The average Bonchev–Trinajstić information content (AvgIpc) is 3.06. The molecule has 1 fully saturated rings. The van der Waals surface area contributed by atoms with E-state index in [4.69, 9.17) is 10.5 Å². The van der Waals surface area contributed by atoms with Gasteiger partial charge in [0.2, 0.25) is 0 Å². The monoisotopic (exact) mass is 311 g/mol. The molecule has 1 aliphatic heterocycles. The number of carbonyl (C=O) groups excluding carboxylic acids is 2. The van der Waals surface area contributed by atoms with Gasteiger partial charge in [0.1, 0.15) is 15.4 Å². The van der Waals surface area contributed by atoms with Gasteiger partial charge in [0, 0.05) is 19.6 Å². The number of nitrogens with two attached hydrogens (primary N) is 1. The lowest BCUT2D eigenvalue weighted by Crippen LogP contribution is -2.22. The lowest BCUT2D eigenvalue weighted by atomic mass is 10.2. The molecule has 1 saturated heterocycles. The molecule has 0 saturated carbocycles. The number of anilines is 2. The molecule has 116 valence electrons. The highest BCUT2D eigenvalue weighted by molar-refractivity contribution is 7.19. The van der Waals surface area contributed by atoms with Gasteiger partial charge in [-0.15, -0.1) is 11.3 Å². The molecule has 6 nitrogen and oxygen atoms in total. The second kappa shape index (κ2) is 6.80. The summed E-state index contributed by atoms with van der Waals surface area (Å²) in [6, 6.07) is 0. The van der Waals surface area contributed by atoms with E-state index >= 15 is 0 Å². The number of hydrogen-bond donors (Lipinski definition) is 2. The van der Waals surface area contributed by atoms with Crippen molar-refractivity contribution in [1.29, 1.82) is 0 Å². The number of nitrogen functional groups attached to an aromatic ring is 1. The van der Waals surface area contributed by atoms with E-state index in [1.807, 2.05) is 6.92 Å². The van der Waals surface area contributed by atoms with Gasteiger partial charge in [-0.2, -0.15) is 0 Å². The van der Waals surface area contributed by atoms with Gasteiger partial charge in [-0.3, -0.25) is 4.79 Å². The highest BCUT2D eigenvalue weighted by Gasteiger charge is 2.30. The Hall–Kier alpha value is -1.76. The SMILES string of the molecule is CCNC(=O)c1sc(N2CCCC2)c(C(=O)OCC)c1N. The summed E-state index contributed by atoms with van der Waals surface area (Å²) < 4.78 is 5.09. The van der Waals surface area contributed by atoms with Crippen LogP contribution in [0.2, 0.25) is 0 Å². The van der Waals surface area contributed by atoms with Gasteiger partial charge in [0.05, 0.1) is 12.3 Å². The van der Waals surface area contributed by atoms with Crippen molar-refractivity contribution in [1.82, 2.24) is 5.32 Å². The maximum atomic E-state index is 12.2. The molecule has 7 heteroatoms. The Labute approximate surface area is 128 Å². The van der Waals surface area contributed by atoms with Crippen LogP contribution in [0.15, 0.2) is 0 Å². The molecule has 0 aromatic carbocycles. The first-order chi connectivity index (χ1) is 10.1. The number of amides is 1. The number of carbonyl (C=O) groups is 2. The maximum Gasteiger partial charge on any atom is 0.343 e. The highest BCUT2D eigenvalue weighted by Crippen LogP contribution is 2.40. The van der Waals surface area contributed by atoms with E-state index in [0.29, 0.717) is 17.0 Å². The van der Waals surface area contributed by atoms with Crippen molar-refractivity contribution in [2.24, 2.45) is 0 Å². The smallest absolute Gasteiger partial charge is 0.343 e. The Bertz CT molecular complexity index is 536. The van der Waals surface area contributed by atoms with Crippen molar-refractivity contribution in [3.05, 3.63) is 10.4 Å². The summed E-state index contributed by atoms with van der Waals surface area (Å²) in [5.41, 5.74) is 6.62. The van der Waals surface area contributed by atoms with Crippen LogP contribution in [0.1, 0.15) is 46.7 Å². The molecule has 0 bridgehead atoms. The summed E-state index contributed by atoms with van der Waals surface area (Å²) in [6.07, 6.45) is 2.16. The van der Waals surface area contributed by atoms with Gasteiger partial charge in [0.15, 0.2) is 0 Å². The zero-order valence-electron chi connectivity index (χ0n) is 12.4. The average molecular weight is 311 g/mol. The number of nitrogens with one attached hydrogen (secondary N) is 1. The summed E-state index contributed by atoms with van der Waals surface area (Å²) in [5, 5.41) is 3.48. The maximum absolute atomic E-state index is 12.2. The molecule has 0 unspecified atom stereocenters. The van der Waals surface area contributed by atoms with E-state index in [2.05, 4.69) is 10.2 Å². The fourth-order valence-electron chi connectivity index (χ4n) is 2.38. The zero-order chi connectivity index (χ0) is 15.4. The van der Waals surface area contributed by atoms with Crippen LogP contribution < -0.4 is 16.0 Å². The Kier molecular flexibility index (Phi) is 5.06. The van der Waals surface area contributed by atoms with Crippen LogP contribution in [-0.2, 0) is 4.74 Å². The molecule has 0 atom stereocenters. The lowest BCUT2D eigenvalue weighted by molar-refractivity contribution is 0.0529. The Morgan fingerprint density at radius 2 is 2.00 bits per heavy atom. The predicted octanol–water partition coefficient (Wildman–Crippen LogP) is 1.86. The van der Waals surface area contributed by atoms with Crippen molar-refractivity contribution in [3.63, 3.8) is 0 Å². The third kappa shape index (κ3) is 3.12. The third-order valence-electron chi connectivity index (χ3n) is 3.34. The molecule has 21 heavy (non-hydrogen) atoms. The van der Waals surface area contributed by atoms with Crippen molar-refractivity contribution < 1.29 is 14.3 Å². The van der Waals surface area contributed by atoms with Crippen molar-refractivity contribution in [2.75, 3.05) is 36.9 Å². The van der Waals surface area contributed by atoms with E-state index in [-0.39, 0.29) is 18.2 Å². The molecule has 1 aromatic heterocycles. The molecule has 2 rings (SSSR count). The zero-order valence-corrected chi connectivity index (χ0v) is 13.2. The first-order valence-electron chi connectivity index (χ1n) is 7.22. The normalized spacial score (nSPS) is 14.3. The predicted molar refractivity (Wildman–Crippen MR) is 84.1 cm³/mol. The standard InChI is InChI=1S/C14H21N3O3S/c1-3-16-12(18)11-10(15)9(14(19)20-4-2)13(21-11)17-7-5-6-8-17/h3-8,15H2,1-2H3,(H,16,18). The van der Waals surface area contributed by atoms with Crippen LogP contribution in [0.5, 0.6) is 0 Å². The van der Waals surface area contributed by atoms with E-state index in [1.165, 1.54) is 11.3 Å². The molecular formula is C14H21N3O3S. The largest absolute Gasteiger partial charge is 0.462 e. The minimum atomic E-state index is -0.455. The molecule has 1 aliphatic rings. The minimum absolute atomic E-state index is 0.228. The second-order valence-corrected chi connectivity index (χ2v) is 5.80. The summed E-state index contributed by atoms with van der Waals surface area (Å²) in [4.78, 5) is 26.8. The van der Waals surface area contributed by atoms with E-state index < -0.39 is 5.97 Å². The Balaban J connectivity index is 2.43. The lowest BCUT2D eigenvalue weighted by Gasteiger charge is -2.16. The summed E-state index contributed by atoms with van der Waals surface area (Å²) in [7, 11) is 0. The molecule has 0 spiro atoms. The van der Waals surface area contributed by atoms with Gasteiger partial charge in [-0.05, 0) is 26.7 Å². The van der Waals surface area contributed by atoms with Crippen LogP contribution in [-0.4, -0.2) is 38.1 Å². The highest BCUT2D eigenvalue weighted by atomic mass is 32.1. The van der Waals surface area contributed by atoms with E-state index in [0.717, 1.165) is 30.9 Å². The molecule has 1 amide bonds. The van der Waals surface area contributed by atoms with E-state index in [1.54, 1.807) is 6.92 Å². The first kappa shape index (κ1) is 15.6. The summed E-state index contributed by atoms with van der Waals surface area (Å²) in [6.45, 7) is 6.15. The quantitative estimate of drug-likeness (QED) is 0.811. The Morgan fingerprint density at radius 1 is 1.33 bits per heavy atom. The van der Waals surface area contributed by atoms with Crippen LogP contribution in [0.3, 0.4) is 0 Å². The topological polar surface area (TPSA) is 84.7 Å². The van der Waals surface area contributed by atoms with Crippen LogP contribution >= 0.6 is 11.3 Å². The molecule has 0 aliphatic carbocycles. The number of nitrogens with zero attached hydrogens (tertiary/aromatic N) is 1. The van der Waals surface area contributed by atoms with Gasteiger partial charge >= 0.3 is 5.97 Å². The molecule has 0 radical (unpaired) electrons. The van der Waals surface area contributed by atoms with Gasteiger partial charge in [-0.25, -0.2) is 4.79 Å². The number of rotatable bonds is 5. The fraction of sp³-hybridized carbons (Fsp3) is 0.571. The number of esters is 1. The van der Waals surface area contributed by atoms with Crippen molar-refractivity contribution in [3.8, 4) is 0 Å². The first-order valence-corrected chi connectivity index (χ1v) is 8.04. The van der Waals surface area contributed by atoms with Gasteiger partial charge in [0.25, 0.3) is 5.91 Å².